The molecule has 25 heavy (non-hydrogen) atoms. The number of nitrogens with zero attached hydrogens (tertiary/aromatic N) is 2. The van der Waals surface area contributed by atoms with E-state index in [4.69, 9.17) is 4.74 Å². The zero-order chi connectivity index (χ0) is 18.4. The van der Waals surface area contributed by atoms with Gasteiger partial charge in [-0.2, -0.15) is 0 Å². The van der Waals surface area contributed by atoms with Crippen molar-refractivity contribution >= 4 is 0 Å². The van der Waals surface area contributed by atoms with Gasteiger partial charge in [0.25, 0.3) is 0 Å². The van der Waals surface area contributed by atoms with Crippen LogP contribution in [0.3, 0.4) is 0 Å². The van der Waals surface area contributed by atoms with Gasteiger partial charge in [0.2, 0.25) is 0 Å². The van der Waals surface area contributed by atoms with Gasteiger partial charge in [-0.05, 0) is 92.8 Å². The zero-order valence-corrected chi connectivity index (χ0v) is 17.7. The van der Waals surface area contributed by atoms with E-state index in [1.165, 1.54) is 45.2 Å². The molecule has 2 saturated heterocycles. The number of piperidine rings is 1. The average molecular weight is 354 g/mol. The second-order valence-electron chi connectivity index (χ2n) is 9.43. The number of hydrogen-bond donors (Lipinski definition) is 1. The second kappa shape index (κ2) is 9.68. The van der Waals surface area contributed by atoms with Crippen LogP contribution >= 0.6 is 0 Å². The summed E-state index contributed by atoms with van der Waals surface area (Å²) in [5, 5.41) is 3.83. The van der Waals surface area contributed by atoms with Gasteiger partial charge in [0, 0.05) is 36.8 Å². The Morgan fingerprint density at radius 3 is 2.40 bits per heavy atom. The minimum absolute atomic E-state index is 0.197. The number of likely N-dealkylation sites (tertiary alicyclic amines) is 1. The van der Waals surface area contributed by atoms with Crippen LogP contribution in [-0.4, -0.2) is 73.4 Å². The molecule has 4 heteroatoms. The zero-order valence-electron chi connectivity index (χ0n) is 17.7. The van der Waals surface area contributed by atoms with Gasteiger partial charge in [-0.25, -0.2) is 0 Å². The van der Waals surface area contributed by atoms with Gasteiger partial charge in [0.05, 0.1) is 6.61 Å². The van der Waals surface area contributed by atoms with E-state index in [0.29, 0.717) is 18.0 Å². The van der Waals surface area contributed by atoms with E-state index in [9.17, 15) is 0 Å². The molecule has 0 aromatic heterocycles. The van der Waals surface area contributed by atoms with Gasteiger partial charge in [-0.1, -0.05) is 0 Å². The van der Waals surface area contributed by atoms with Crippen LogP contribution in [0.4, 0.5) is 0 Å². The number of ether oxygens (including phenoxy) is 1. The normalized spacial score (nSPS) is 25.7. The molecule has 2 fully saturated rings. The molecule has 2 aliphatic rings. The lowest BCUT2D eigenvalue weighted by molar-refractivity contribution is 0.0492. The predicted molar refractivity (Wildman–Crippen MR) is 107 cm³/mol. The summed E-state index contributed by atoms with van der Waals surface area (Å²) in [7, 11) is 2.29. The molecule has 0 radical (unpaired) electrons. The Hall–Kier alpha value is -0.160. The molecule has 0 saturated carbocycles. The molecule has 2 aliphatic heterocycles. The highest BCUT2D eigenvalue weighted by molar-refractivity contribution is 4.88. The van der Waals surface area contributed by atoms with Crippen molar-refractivity contribution in [3.8, 4) is 0 Å². The molecule has 148 valence electrons. The van der Waals surface area contributed by atoms with Crippen molar-refractivity contribution in [3.05, 3.63) is 0 Å². The summed E-state index contributed by atoms with van der Waals surface area (Å²) in [6.07, 6.45) is 6.38. The SMILES string of the molecule is CC(CC(C)(C)NCC1CCCOC1)N1CCC(N(C)C(C)C)CC1. The highest BCUT2D eigenvalue weighted by Gasteiger charge is 2.29. The molecular weight excluding hydrogens is 310 g/mol. The van der Waals surface area contributed by atoms with Gasteiger partial charge < -0.3 is 19.9 Å². The van der Waals surface area contributed by atoms with Crippen molar-refractivity contribution < 1.29 is 4.74 Å². The third-order valence-electron chi connectivity index (χ3n) is 6.44. The fourth-order valence-electron chi connectivity index (χ4n) is 4.48. The lowest BCUT2D eigenvalue weighted by Gasteiger charge is -2.42. The Morgan fingerprint density at radius 2 is 1.84 bits per heavy atom. The first-order valence-electron chi connectivity index (χ1n) is 10.6. The Bertz CT molecular complexity index is 371. The van der Waals surface area contributed by atoms with E-state index in [1.54, 1.807) is 0 Å². The van der Waals surface area contributed by atoms with Crippen LogP contribution in [0, 0.1) is 5.92 Å². The molecule has 2 rings (SSSR count). The first-order chi connectivity index (χ1) is 11.8. The maximum absolute atomic E-state index is 5.62. The van der Waals surface area contributed by atoms with Crippen molar-refractivity contribution in [1.82, 2.24) is 15.1 Å². The minimum Gasteiger partial charge on any atom is -0.381 e. The maximum atomic E-state index is 5.62. The van der Waals surface area contributed by atoms with E-state index in [-0.39, 0.29) is 5.54 Å². The molecule has 0 spiro atoms. The Morgan fingerprint density at radius 1 is 1.16 bits per heavy atom. The quantitative estimate of drug-likeness (QED) is 0.724. The van der Waals surface area contributed by atoms with Gasteiger partial charge in [0.1, 0.15) is 0 Å². The summed E-state index contributed by atoms with van der Waals surface area (Å²) < 4.78 is 5.62. The largest absolute Gasteiger partial charge is 0.381 e. The highest BCUT2D eigenvalue weighted by atomic mass is 16.5. The van der Waals surface area contributed by atoms with Crippen LogP contribution in [0.25, 0.3) is 0 Å². The van der Waals surface area contributed by atoms with E-state index in [1.807, 2.05) is 0 Å². The standard InChI is InChI=1S/C21H43N3O/c1-17(2)23(6)20-9-11-24(12-10-20)18(3)14-21(4,5)22-15-19-8-7-13-25-16-19/h17-20,22H,7-16H2,1-6H3. The molecular formula is C21H43N3O. The monoisotopic (exact) mass is 353 g/mol. The Kier molecular flexibility index (Phi) is 8.19. The first-order valence-corrected chi connectivity index (χ1v) is 10.6. The molecule has 0 aromatic rings. The van der Waals surface area contributed by atoms with Crippen molar-refractivity contribution in [2.75, 3.05) is 39.9 Å². The van der Waals surface area contributed by atoms with E-state index < -0.39 is 0 Å². The molecule has 2 atom stereocenters. The first kappa shape index (κ1) is 21.1. The molecule has 4 nitrogen and oxygen atoms in total. The Balaban J connectivity index is 1.72. The summed E-state index contributed by atoms with van der Waals surface area (Å²) in [4.78, 5) is 5.26. The average Bonchev–Trinajstić information content (AvgIpc) is 2.60. The molecule has 0 aromatic carbocycles. The van der Waals surface area contributed by atoms with Gasteiger partial charge in [-0.15, -0.1) is 0 Å². The third kappa shape index (κ3) is 6.82. The van der Waals surface area contributed by atoms with Crippen molar-refractivity contribution in [3.63, 3.8) is 0 Å². The van der Waals surface area contributed by atoms with E-state index in [0.717, 1.165) is 25.8 Å². The third-order valence-corrected chi connectivity index (χ3v) is 6.44. The van der Waals surface area contributed by atoms with Crippen molar-refractivity contribution in [1.29, 1.82) is 0 Å². The highest BCUT2D eigenvalue weighted by Crippen LogP contribution is 2.23. The molecule has 0 bridgehead atoms. The summed E-state index contributed by atoms with van der Waals surface area (Å²) in [5.41, 5.74) is 0.197. The lowest BCUT2D eigenvalue weighted by atomic mass is 9.92. The molecule has 0 aliphatic carbocycles. The van der Waals surface area contributed by atoms with E-state index >= 15 is 0 Å². The van der Waals surface area contributed by atoms with Crippen LogP contribution in [0.1, 0.15) is 66.7 Å². The smallest absolute Gasteiger partial charge is 0.0506 e. The number of nitrogens with one attached hydrogen (secondary N) is 1. The van der Waals surface area contributed by atoms with Crippen LogP contribution < -0.4 is 5.32 Å². The van der Waals surface area contributed by atoms with Crippen molar-refractivity contribution in [2.45, 2.75) is 90.4 Å². The van der Waals surface area contributed by atoms with Gasteiger partial charge in [0.15, 0.2) is 0 Å². The number of rotatable bonds is 8. The predicted octanol–water partition coefficient (Wildman–Crippen LogP) is 3.36. The molecule has 2 heterocycles. The Labute approximate surface area is 156 Å². The molecule has 1 N–H and O–H groups in total. The van der Waals surface area contributed by atoms with Crippen LogP contribution in [0.15, 0.2) is 0 Å². The molecule has 2 unspecified atom stereocenters. The fraction of sp³-hybridized carbons (Fsp3) is 1.00. The fourth-order valence-corrected chi connectivity index (χ4v) is 4.48. The summed E-state index contributed by atoms with van der Waals surface area (Å²) >= 11 is 0. The number of hydrogen-bond acceptors (Lipinski definition) is 4. The summed E-state index contributed by atoms with van der Waals surface area (Å²) in [6.45, 7) is 17.2. The summed E-state index contributed by atoms with van der Waals surface area (Å²) in [6, 6.07) is 2.07. The molecule has 0 amide bonds. The topological polar surface area (TPSA) is 27.7 Å². The lowest BCUT2D eigenvalue weighted by Crippen LogP contribution is -2.51. The van der Waals surface area contributed by atoms with Crippen molar-refractivity contribution in [2.24, 2.45) is 5.92 Å². The van der Waals surface area contributed by atoms with E-state index in [2.05, 4.69) is 56.8 Å². The maximum Gasteiger partial charge on any atom is 0.0506 e. The van der Waals surface area contributed by atoms with Gasteiger partial charge in [-0.3, -0.25) is 0 Å². The van der Waals surface area contributed by atoms with Gasteiger partial charge >= 0.3 is 0 Å². The van der Waals surface area contributed by atoms with Crippen LogP contribution in [0.5, 0.6) is 0 Å². The summed E-state index contributed by atoms with van der Waals surface area (Å²) in [5.74, 6) is 0.700. The van der Waals surface area contributed by atoms with Crippen LogP contribution in [0.2, 0.25) is 0 Å². The van der Waals surface area contributed by atoms with Crippen LogP contribution in [-0.2, 0) is 4.74 Å². The minimum atomic E-state index is 0.197. The second-order valence-corrected chi connectivity index (χ2v) is 9.43.